The Kier molecular flexibility index (Phi) is 5.81. The monoisotopic (exact) mass is 431 g/mol. The maximum absolute atomic E-state index is 12.4. The fourth-order valence-corrected chi connectivity index (χ4v) is 3.42. The van der Waals surface area contributed by atoms with E-state index in [1.165, 1.54) is 19.1 Å². The molecule has 0 amide bonds. The van der Waals surface area contributed by atoms with Crippen molar-refractivity contribution in [1.82, 2.24) is 14.3 Å². The van der Waals surface area contributed by atoms with E-state index in [0.29, 0.717) is 22.1 Å². The molecule has 0 radical (unpaired) electrons. The van der Waals surface area contributed by atoms with Gasteiger partial charge in [0.15, 0.2) is 5.78 Å². The third kappa shape index (κ3) is 4.21. The molecule has 2 aromatic carbocycles. The summed E-state index contributed by atoms with van der Waals surface area (Å²) in [7, 11) is 0. The number of ketones is 1. The highest BCUT2D eigenvalue weighted by Crippen LogP contribution is 2.30. The summed E-state index contributed by atoms with van der Waals surface area (Å²) >= 11 is 12.8. The lowest BCUT2D eigenvalue weighted by molar-refractivity contribution is 0.0923. The molecule has 0 aliphatic carbocycles. The van der Waals surface area contributed by atoms with Gasteiger partial charge in [0.25, 0.3) is 5.56 Å². The molecule has 0 N–H and O–H groups in total. The van der Waals surface area contributed by atoms with Crippen LogP contribution in [0.15, 0.2) is 52.2 Å². The highest BCUT2D eigenvalue weighted by atomic mass is 35.5. The molecule has 29 heavy (non-hydrogen) atoms. The summed E-state index contributed by atoms with van der Waals surface area (Å²) in [5.41, 5.74) is 0.613. The summed E-state index contributed by atoms with van der Waals surface area (Å²) in [6, 6.07) is 10.0. The minimum Gasteiger partial charge on any atom is -0.295 e. The Hall–Kier alpha value is -3.03. The maximum atomic E-state index is 12.4. The van der Waals surface area contributed by atoms with Crippen LogP contribution in [0.3, 0.4) is 0 Å². The van der Waals surface area contributed by atoms with Crippen LogP contribution in [0.4, 0.5) is 0 Å². The Morgan fingerprint density at radius 3 is 2.10 bits per heavy atom. The second-order valence-corrected chi connectivity index (χ2v) is 7.16. The van der Waals surface area contributed by atoms with Gasteiger partial charge in [0.05, 0.1) is 5.69 Å². The van der Waals surface area contributed by atoms with Crippen LogP contribution >= 0.6 is 23.2 Å². The van der Waals surface area contributed by atoms with Gasteiger partial charge in [-0.05, 0) is 30.2 Å². The first-order chi connectivity index (χ1) is 13.7. The normalized spacial score (nSPS) is 10.8. The molecule has 3 aromatic rings. The van der Waals surface area contributed by atoms with Gasteiger partial charge in [0.1, 0.15) is 6.20 Å². The first-order valence-electron chi connectivity index (χ1n) is 8.49. The minimum atomic E-state index is -0.912. The van der Waals surface area contributed by atoms with E-state index in [1.54, 1.807) is 12.1 Å². The SMILES string of the molecule is CC(=O)c1ccc(Cc2c(Cl)cc(-n3ncc(=O)n(C(C)=O)c3=O)cc2Cl)cc1. The Balaban J connectivity index is 2.01. The maximum Gasteiger partial charge on any atom is 0.359 e. The van der Waals surface area contributed by atoms with Crippen LogP contribution in [-0.2, 0) is 6.42 Å². The van der Waals surface area contributed by atoms with Gasteiger partial charge in [-0.3, -0.25) is 14.4 Å². The summed E-state index contributed by atoms with van der Waals surface area (Å²) in [5.74, 6) is -0.749. The zero-order valence-electron chi connectivity index (χ0n) is 15.5. The molecule has 1 aromatic heterocycles. The molecule has 0 aliphatic rings. The lowest BCUT2D eigenvalue weighted by Crippen LogP contribution is -2.42. The van der Waals surface area contributed by atoms with E-state index in [0.717, 1.165) is 23.4 Å². The molecule has 1 heterocycles. The van der Waals surface area contributed by atoms with E-state index in [9.17, 15) is 19.2 Å². The van der Waals surface area contributed by atoms with Crippen molar-refractivity contribution in [2.24, 2.45) is 0 Å². The number of rotatable bonds is 4. The zero-order chi connectivity index (χ0) is 21.3. The molecule has 0 spiro atoms. The van der Waals surface area contributed by atoms with Crippen LogP contribution in [0.5, 0.6) is 0 Å². The van der Waals surface area contributed by atoms with E-state index in [-0.39, 0.29) is 21.5 Å². The Morgan fingerprint density at radius 2 is 1.59 bits per heavy atom. The summed E-state index contributed by atoms with van der Waals surface area (Å²) in [5, 5.41) is 4.36. The molecule has 3 rings (SSSR count). The lowest BCUT2D eigenvalue weighted by Gasteiger charge is -2.12. The smallest absolute Gasteiger partial charge is 0.295 e. The van der Waals surface area contributed by atoms with Crippen molar-refractivity contribution in [3.63, 3.8) is 0 Å². The highest BCUT2D eigenvalue weighted by molar-refractivity contribution is 6.36. The molecule has 7 nitrogen and oxygen atoms in total. The molecule has 0 atom stereocenters. The number of nitrogens with zero attached hydrogens (tertiary/aromatic N) is 3. The van der Waals surface area contributed by atoms with Gasteiger partial charge in [-0.2, -0.15) is 14.3 Å². The molecule has 0 saturated carbocycles. The van der Waals surface area contributed by atoms with Crippen molar-refractivity contribution >= 4 is 34.9 Å². The van der Waals surface area contributed by atoms with Gasteiger partial charge in [-0.25, -0.2) is 4.79 Å². The average Bonchev–Trinajstić information content (AvgIpc) is 2.64. The highest BCUT2D eigenvalue weighted by Gasteiger charge is 2.15. The zero-order valence-corrected chi connectivity index (χ0v) is 17.0. The summed E-state index contributed by atoms with van der Waals surface area (Å²) in [6.45, 7) is 2.60. The van der Waals surface area contributed by atoms with Gasteiger partial charge in [0.2, 0.25) is 5.91 Å². The molecule has 148 valence electrons. The molecule has 0 unspecified atom stereocenters. The van der Waals surface area contributed by atoms with Crippen LogP contribution in [0.2, 0.25) is 10.0 Å². The third-order valence-electron chi connectivity index (χ3n) is 4.30. The van der Waals surface area contributed by atoms with Crippen molar-refractivity contribution in [1.29, 1.82) is 0 Å². The van der Waals surface area contributed by atoms with Crippen molar-refractivity contribution in [2.45, 2.75) is 20.3 Å². The van der Waals surface area contributed by atoms with Gasteiger partial charge < -0.3 is 0 Å². The van der Waals surface area contributed by atoms with Crippen LogP contribution in [-0.4, -0.2) is 26.0 Å². The number of benzene rings is 2. The van der Waals surface area contributed by atoms with E-state index in [2.05, 4.69) is 5.10 Å². The standard InChI is InChI=1S/C20H15Cl2N3O4/c1-11(26)14-5-3-13(4-6-14)7-16-17(21)8-15(9-18(16)22)25-20(29)24(12(2)27)19(28)10-23-25/h3-6,8-10H,7H2,1-2H3. The predicted octanol–water partition coefficient (Wildman–Crippen LogP) is 3.15. The van der Waals surface area contributed by atoms with E-state index >= 15 is 0 Å². The van der Waals surface area contributed by atoms with Gasteiger partial charge in [0, 0.05) is 29.0 Å². The van der Waals surface area contributed by atoms with E-state index < -0.39 is 17.2 Å². The number of hydrogen-bond acceptors (Lipinski definition) is 5. The van der Waals surface area contributed by atoms with E-state index in [1.807, 2.05) is 12.1 Å². The fourth-order valence-electron chi connectivity index (χ4n) is 2.81. The molecule has 0 fully saturated rings. The topological polar surface area (TPSA) is 91.0 Å². The van der Waals surface area contributed by atoms with Gasteiger partial charge >= 0.3 is 5.69 Å². The number of carbonyl (C=O) groups excluding carboxylic acids is 2. The molecule has 0 bridgehead atoms. The minimum absolute atomic E-state index is 0.0261. The van der Waals surface area contributed by atoms with Crippen LogP contribution in [0.1, 0.15) is 40.1 Å². The van der Waals surface area contributed by atoms with Crippen molar-refractivity contribution in [2.75, 3.05) is 0 Å². The second kappa shape index (κ2) is 8.14. The molecule has 0 aliphatic heterocycles. The summed E-state index contributed by atoms with van der Waals surface area (Å²) in [4.78, 5) is 47.1. The first-order valence-corrected chi connectivity index (χ1v) is 9.25. The van der Waals surface area contributed by atoms with Crippen LogP contribution < -0.4 is 11.2 Å². The molecule has 0 saturated heterocycles. The largest absolute Gasteiger partial charge is 0.359 e. The van der Waals surface area contributed by atoms with Gasteiger partial charge in [-0.15, -0.1) is 0 Å². The quantitative estimate of drug-likeness (QED) is 0.591. The molecular formula is C20H15Cl2N3O4. The number of hydrogen-bond donors (Lipinski definition) is 0. The average molecular weight is 432 g/mol. The number of halogens is 2. The van der Waals surface area contributed by atoms with Gasteiger partial charge in [-0.1, -0.05) is 47.5 Å². The molecule has 9 heteroatoms. The Morgan fingerprint density at radius 1 is 1.00 bits per heavy atom. The van der Waals surface area contributed by atoms with Crippen molar-refractivity contribution in [3.05, 3.63) is 90.2 Å². The Labute approximate surface area is 175 Å². The first kappa shape index (κ1) is 20.7. The lowest BCUT2D eigenvalue weighted by atomic mass is 10.0. The number of carbonyl (C=O) groups is 2. The fraction of sp³-hybridized carbons (Fsp3) is 0.150. The summed E-state index contributed by atoms with van der Waals surface area (Å²) < 4.78 is 1.35. The van der Waals surface area contributed by atoms with E-state index in [4.69, 9.17) is 23.2 Å². The second-order valence-electron chi connectivity index (χ2n) is 6.35. The third-order valence-corrected chi connectivity index (χ3v) is 4.98. The summed E-state index contributed by atoms with van der Waals surface area (Å²) in [6.07, 6.45) is 1.28. The predicted molar refractivity (Wildman–Crippen MR) is 110 cm³/mol. The number of Topliss-reactive ketones (excluding diaryl/α,β-unsaturated/α-hetero) is 1. The Bertz CT molecular complexity index is 1220. The van der Waals surface area contributed by atoms with Crippen LogP contribution in [0.25, 0.3) is 5.69 Å². The van der Waals surface area contributed by atoms with Crippen molar-refractivity contribution < 1.29 is 9.59 Å². The molecular weight excluding hydrogens is 417 g/mol. The number of aromatic nitrogens is 3. The van der Waals surface area contributed by atoms with Crippen LogP contribution in [0, 0.1) is 0 Å². The van der Waals surface area contributed by atoms with Crippen molar-refractivity contribution in [3.8, 4) is 5.69 Å².